The van der Waals surface area contributed by atoms with Crippen molar-refractivity contribution in [3.63, 3.8) is 0 Å². The second kappa shape index (κ2) is 4.22. The van der Waals surface area contributed by atoms with Gasteiger partial charge in [-0.1, -0.05) is 13.8 Å². The van der Waals surface area contributed by atoms with Crippen LogP contribution in [0.1, 0.15) is 13.8 Å². The van der Waals surface area contributed by atoms with Gasteiger partial charge < -0.3 is 5.11 Å². The van der Waals surface area contributed by atoms with Crippen molar-refractivity contribution >= 4 is 0 Å². The number of likely N-dealkylation sites (tertiary alicyclic amines) is 1. The van der Waals surface area contributed by atoms with Crippen molar-refractivity contribution in [2.45, 2.75) is 25.6 Å². The van der Waals surface area contributed by atoms with E-state index in [9.17, 15) is 18.3 Å². The molecule has 0 bridgehead atoms. The molecule has 1 fully saturated rings. The molecule has 0 aromatic heterocycles. The van der Waals surface area contributed by atoms with Crippen molar-refractivity contribution in [1.82, 2.24) is 4.90 Å². The zero-order chi connectivity index (χ0) is 12.6. The van der Waals surface area contributed by atoms with Gasteiger partial charge in [0.15, 0.2) is 5.92 Å². The maximum atomic E-state index is 12.3. The van der Waals surface area contributed by atoms with Crippen LogP contribution >= 0.6 is 0 Å². The van der Waals surface area contributed by atoms with Crippen molar-refractivity contribution in [1.29, 1.82) is 5.26 Å². The molecular formula is C10H15F3N2O. The molecule has 0 aliphatic carbocycles. The van der Waals surface area contributed by atoms with Crippen LogP contribution < -0.4 is 0 Å². The van der Waals surface area contributed by atoms with Gasteiger partial charge in [-0.3, -0.25) is 4.90 Å². The summed E-state index contributed by atoms with van der Waals surface area (Å²) >= 11 is 0. The van der Waals surface area contributed by atoms with Gasteiger partial charge in [0.1, 0.15) is 0 Å². The van der Waals surface area contributed by atoms with Crippen LogP contribution in [0.25, 0.3) is 0 Å². The van der Waals surface area contributed by atoms with E-state index in [2.05, 4.69) is 0 Å². The lowest BCUT2D eigenvalue weighted by Gasteiger charge is -2.49. The summed E-state index contributed by atoms with van der Waals surface area (Å²) in [6, 6.07) is 1.25. The molecule has 0 saturated carbocycles. The summed E-state index contributed by atoms with van der Waals surface area (Å²) in [5.41, 5.74) is -0.897. The first-order chi connectivity index (χ1) is 7.19. The third kappa shape index (κ3) is 2.66. The zero-order valence-electron chi connectivity index (χ0n) is 9.25. The molecule has 1 heterocycles. The lowest BCUT2D eigenvalue weighted by molar-refractivity contribution is -0.183. The molecule has 1 aliphatic heterocycles. The lowest BCUT2D eigenvalue weighted by Crippen LogP contribution is -2.65. The molecule has 1 atom stereocenters. The van der Waals surface area contributed by atoms with Crippen molar-refractivity contribution in [2.24, 2.45) is 11.8 Å². The van der Waals surface area contributed by atoms with Crippen LogP contribution in [0, 0.1) is 23.2 Å². The minimum Gasteiger partial charge on any atom is -0.387 e. The van der Waals surface area contributed by atoms with Crippen molar-refractivity contribution in [3.8, 4) is 6.07 Å². The minimum atomic E-state index is -4.49. The van der Waals surface area contributed by atoms with E-state index in [-0.39, 0.29) is 25.6 Å². The van der Waals surface area contributed by atoms with E-state index in [1.54, 1.807) is 0 Å². The molecule has 1 N–H and O–H groups in total. The summed E-state index contributed by atoms with van der Waals surface area (Å²) in [7, 11) is 0. The van der Waals surface area contributed by atoms with Gasteiger partial charge in [-0.25, -0.2) is 0 Å². The Morgan fingerprint density at radius 2 is 1.94 bits per heavy atom. The number of hydrogen-bond acceptors (Lipinski definition) is 3. The van der Waals surface area contributed by atoms with Gasteiger partial charge in [-0.15, -0.1) is 0 Å². The fourth-order valence-corrected chi connectivity index (χ4v) is 1.70. The number of β-amino-alcohol motifs (C(OH)–C–C–N with tert-alkyl or cyclic N) is 1. The first-order valence-electron chi connectivity index (χ1n) is 5.10. The highest BCUT2D eigenvalue weighted by molar-refractivity contribution is 5.01. The van der Waals surface area contributed by atoms with E-state index < -0.39 is 17.7 Å². The summed E-state index contributed by atoms with van der Waals surface area (Å²) in [4.78, 5) is 1.46. The standard InChI is InChI=1S/C10H15F3N2O/c1-7(2)9(16)5-15(6-9)4-8(3-14)10(11,12)13/h7-8,16H,4-6H2,1-2H3. The number of rotatable bonds is 3. The van der Waals surface area contributed by atoms with E-state index in [4.69, 9.17) is 5.26 Å². The SMILES string of the molecule is CC(C)C1(O)CN(CC(C#N)C(F)(F)F)C1. The molecule has 1 aliphatic rings. The molecule has 6 heteroatoms. The Hall–Kier alpha value is -0.800. The van der Waals surface area contributed by atoms with E-state index in [1.165, 1.54) is 11.0 Å². The lowest BCUT2D eigenvalue weighted by atomic mass is 9.82. The second-order valence-electron chi connectivity index (χ2n) is 4.65. The highest BCUT2D eigenvalue weighted by Crippen LogP contribution is 2.32. The molecule has 1 rings (SSSR count). The van der Waals surface area contributed by atoms with E-state index in [1.807, 2.05) is 13.8 Å². The number of halogens is 3. The normalized spacial score (nSPS) is 22.6. The van der Waals surface area contributed by atoms with Gasteiger partial charge in [0.2, 0.25) is 0 Å². The third-order valence-electron chi connectivity index (χ3n) is 3.06. The zero-order valence-corrected chi connectivity index (χ0v) is 9.25. The fraction of sp³-hybridized carbons (Fsp3) is 0.900. The first-order valence-corrected chi connectivity index (χ1v) is 5.10. The summed E-state index contributed by atoms with van der Waals surface area (Å²) in [6.45, 7) is 3.71. The number of alkyl halides is 3. The molecule has 0 amide bonds. The summed E-state index contributed by atoms with van der Waals surface area (Å²) in [5, 5.41) is 18.3. The van der Waals surface area contributed by atoms with Crippen LogP contribution in [0.3, 0.4) is 0 Å². The quantitative estimate of drug-likeness (QED) is 0.805. The highest BCUT2D eigenvalue weighted by Gasteiger charge is 2.48. The Bertz CT molecular complexity index is 289. The van der Waals surface area contributed by atoms with Crippen molar-refractivity contribution in [3.05, 3.63) is 0 Å². The van der Waals surface area contributed by atoms with Crippen molar-refractivity contribution in [2.75, 3.05) is 19.6 Å². The number of nitrogens with zero attached hydrogens (tertiary/aromatic N) is 2. The highest BCUT2D eigenvalue weighted by atomic mass is 19.4. The van der Waals surface area contributed by atoms with Crippen LogP contribution in [-0.4, -0.2) is 41.4 Å². The molecule has 0 aromatic rings. The number of aliphatic hydroxyl groups is 1. The van der Waals surface area contributed by atoms with E-state index >= 15 is 0 Å². The van der Waals surface area contributed by atoms with Gasteiger partial charge in [0.25, 0.3) is 0 Å². The number of nitriles is 1. The minimum absolute atomic E-state index is 0.00942. The Balaban J connectivity index is 2.46. The summed E-state index contributed by atoms with van der Waals surface area (Å²) in [5.74, 6) is -1.96. The van der Waals surface area contributed by atoms with E-state index in [0.717, 1.165) is 0 Å². The number of hydrogen-bond donors (Lipinski definition) is 1. The van der Waals surface area contributed by atoms with Gasteiger partial charge >= 0.3 is 6.18 Å². The van der Waals surface area contributed by atoms with Crippen LogP contribution in [-0.2, 0) is 0 Å². The summed E-state index contributed by atoms with van der Waals surface area (Å²) in [6.07, 6.45) is -4.49. The molecular weight excluding hydrogens is 221 g/mol. The topological polar surface area (TPSA) is 47.3 Å². The predicted molar refractivity (Wildman–Crippen MR) is 51.4 cm³/mol. The third-order valence-corrected chi connectivity index (χ3v) is 3.06. The summed E-state index contributed by atoms with van der Waals surface area (Å²) < 4.78 is 36.8. The Morgan fingerprint density at radius 1 is 1.44 bits per heavy atom. The average Bonchev–Trinajstić information content (AvgIpc) is 2.07. The second-order valence-corrected chi connectivity index (χ2v) is 4.65. The van der Waals surface area contributed by atoms with Crippen molar-refractivity contribution < 1.29 is 18.3 Å². The molecule has 0 aromatic carbocycles. The van der Waals surface area contributed by atoms with Crippen LogP contribution in [0.15, 0.2) is 0 Å². The average molecular weight is 236 g/mol. The van der Waals surface area contributed by atoms with Gasteiger partial charge in [-0.05, 0) is 5.92 Å². The van der Waals surface area contributed by atoms with Gasteiger partial charge in [-0.2, -0.15) is 18.4 Å². The van der Waals surface area contributed by atoms with Crippen LogP contribution in [0.2, 0.25) is 0 Å². The Morgan fingerprint density at radius 3 is 2.25 bits per heavy atom. The maximum Gasteiger partial charge on any atom is 0.405 e. The fourth-order valence-electron chi connectivity index (χ4n) is 1.70. The van der Waals surface area contributed by atoms with E-state index in [0.29, 0.717) is 0 Å². The molecule has 1 unspecified atom stereocenters. The Kier molecular flexibility index (Phi) is 3.50. The molecule has 0 radical (unpaired) electrons. The Labute approximate surface area is 92.5 Å². The molecule has 0 spiro atoms. The predicted octanol–water partition coefficient (Wildman–Crippen LogP) is 1.39. The van der Waals surface area contributed by atoms with Crippen LogP contribution in [0.4, 0.5) is 13.2 Å². The largest absolute Gasteiger partial charge is 0.405 e. The first kappa shape index (κ1) is 13.3. The van der Waals surface area contributed by atoms with Crippen LogP contribution in [0.5, 0.6) is 0 Å². The van der Waals surface area contributed by atoms with Gasteiger partial charge in [0.05, 0.1) is 11.7 Å². The molecule has 1 saturated heterocycles. The maximum absolute atomic E-state index is 12.3. The molecule has 92 valence electrons. The smallest absolute Gasteiger partial charge is 0.387 e. The monoisotopic (exact) mass is 236 g/mol. The van der Waals surface area contributed by atoms with Gasteiger partial charge in [0, 0.05) is 19.6 Å². The molecule has 3 nitrogen and oxygen atoms in total. The molecule has 16 heavy (non-hydrogen) atoms.